The molecule has 20 heavy (non-hydrogen) atoms. The van der Waals surface area contributed by atoms with Gasteiger partial charge in [0.15, 0.2) is 0 Å². The van der Waals surface area contributed by atoms with Gasteiger partial charge in [-0.15, -0.1) is 11.8 Å². The Morgan fingerprint density at radius 3 is 2.90 bits per heavy atom. The van der Waals surface area contributed by atoms with Crippen molar-refractivity contribution in [2.75, 3.05) is 13.7 Å². The molecule has 1 aliphatic carbocycles. The van der Waals surface area contributed by atoms with Crippen LogP contribution in [0.2, 0.25) is 0 Å². The molecule has 112 valence electrons. The van der Waals surface area contributed by atoms with Crippen LogP contribution in [0.4, 0.5) is 0 Å². The van der Waals surface area contributed by atoms with E-state index in [-0.39, 0.29) is 0 Å². The molecule has 2 nitrogen and oxygen atoms in total. The third kappa shape index (κ3) is 3.70. The normalized spacial score (nSPS) is 25.4. The van der Waals surface area contributed by atoms with E-state index < -0.39 is 0 Å². The summed E-state index contributed by atoms with van der Waals surface area (Å²) >= 11 is 2.00. The maximum atomic E-state index is 5.33. The van der Waals surface area contributed by atoms with Crippen molar-refractivity contribution in [2.45, 2.75) is 56.2 Å². The minimum Gasteiger partial charge on any atom is -0.497 e. The zero-order valence-electron chi connectivity index (χ0n) is 13.1. The highest BCUT2D eigenvalue weighted by Crippen LogP contribution is 2.43. The monoisotopic (exact) mass is 293 g/mol. The zero-order chi connectivity index (χ0) is 14.6. The van der Waals surface area contributed by atoms with Crippen LogP contribution < -0.4 is 10.1 Å². The predicted molar refractivity (Wildman–Crippen MR) is 87.7 cm³/mol. The first kappa shape index (κ1) is 15.7. The Bertz CT molecular complexity index is 433. The lowest BCUT2D eigenvalue weighted by Crippen LogP contribution is -2.51. The van der Waals surface area contributed by atoms with E-state index >= 15 is 0 Å². The first-order chi connectivity index (χ1) is 9.56. The second-order valence-electron chi connectivity index (χ2n) is 6.25. The van der Waals surface area contributed by atoms with Gasteiger partial charge >= 0.3 is 0 Å². The highest BCUT2D eigenvalue weighted by Gasteiger charge is 2.38. The highest BCUT2D eigenvalue weighted by molar-refractivity contribution is 8.00. The number of thioether (sulfide) groups is 1. The summed E-state index contributed by atoms with van der Waals surface area (Å²) in [7, 11) is 1.73. The van der Waals surface area contributed by atoms with Crippen LogP contribution >= 0.6 is 11.8 Å². The van der Waals surface area contributed by atoms with Crippen molar-refractivity contribution in [1.29, 1.82) is 0 Å². The first-order valence-corrected chi connectivity index (χ1v) is 8.49. The summed E-state index contributed by atoms with van der Waals surface area (Å²) in [5.74, 6) is 0.949. The lowest BCUT2D eigenvalue weighted by Gasteiger charge is -2.44. The van der Waals surface area contributed by atoms with Gasteiger partial charge in [-0.2, -0.15) is 0 Å². The first-order valence-electron chi connectivity index (χ1n) is 7.61. The molecule has 0 spiro atoms. The molecule has 0 saturated heterocycles. The smallest absolute Gasteiger partial charge is 0.119 e. The molecule has 0 radical (unpaired) electrons. The molecule has 0 bridgehead atoms. The summed E-state index contributed by atoms with van der Waals surface area (Å²) in [5.41, 5.74) is 0.380. The van der Waals surface area contributed by atoms with Crippen LogP contribution in [0, 0.1) is 5.41 Å². The topological polar surface area (TPSA) is 21.3 Å². The van der Waals surface area contributed by atoms with Crippen LogP contribution in [-0.2, 0) is 0 Å². The van der Waals surface area contributed by atoms with Crippen LogP contribution in [0.5, 0.6) is 5.75 Å². The van der Waals surface area contributed by atoms with E-state index in [0.717, 1.165) is 12.3 Å². The van der Waals surface area contributed by atoms with Crippen molar-refractivity contribution >= 4 is 11.8 Å². The van der Waals surface area contributed by atoms with Gasteiger partial charge in [-0.05, 0) is 43.0 Å². The minimum atomic E-state index is 0.380. The van der Waals surface area contributed by atoms with Gasteiger partial charge < -0.3 is 10.1 Å². The number of ether oxygens (including phenoxy) is 1. The number of benzene rings is 1. The molecule has 2 unspecified atom stereocenters. The largest absolute Gasteiger partial charge is 0.497 e. The molecule has 0 heterocycles. The van der Waals surface area contributed by atoms with Crippen LogP contribution in [0.3, 0.4) is 0 Å². The van der Waals surface area contributed by atoms with E-state index in [2.05, 4.69) is 44.3 Å². The van der Waals surface area contributed by atoms with Crippen LogP contribution in [-0.4, -0.2) is 24.9 Å². The standard InChI is InChI=1S/C17H27NOS/c1-5-18-16-15(10-7-11-17(16,2)3)20-14-9-6-8-13(12-14)19-4/h6,8-9,12,15-16,18H,5,7,10-11H2,1-4H3. The Hall–Kier alpha value is -0.670. The van der Waals surface area contributed by atoms with E-state index in [1.165, 1.54) is 24.2 Å². The molecule has 1 saturated carbocycles. The molecule has 1 aromatic carbocycles. The molecule has 1 fully saturated rings. The van der Waals surface area contributed by atoms with Crippen molar-refractivity contribution in [3.63, 3.8) is 0 Å². The zero-order valence-corrected chi connectivity index (χ0v) is 13.9. The van der Waals surface area contributed by atoms with Crippen LogP contribution in [0.25, 0.3) is 0 Å². The molecule has 0 amide bonds. The van der Waals surface area contributed by atoms with Crippen molar-refractivity contribution in [1.82, 2.24) is 5.32 Å². The van der Waals surface area contributed by atoms with E-state index in [1.807, 2.05) is 17.8 Å². The maximum absolute atomic E-state index is 5.33. The summed E-state index contributed by atoms with van der Waals surface area (Å²) in [6, 6.07) is 9.01. The van der Waals surface area contributed by atoms with Crippen molar-refractivity contribution in [2.24, 2.45) is 5.41 Å². The van der Waals surface area contributed by atoms with Gasteiger partial charge in [0.25, 0.3) is 0 Å². The number of hydrogen-bond acceptors (Lipinski definition) is 3. The van der Waals surface area contributed by atoms with Crippen LogP contribution in [0.1, 0.15) is 40.0 Å². The fraction of sp³-hybridized carbons (Fsp3) is 0.647. The van der Waals surface area contributed by atoms with E-state index in [9.17, 15) is 0 Å². The molecule has 2 atom stereocenters. The Morgan fingerprint density at radius 2 is 2.20 bits per heavy atom. The number of hydrogen-bond donors (Lipinski definition) is 1. The molecule has 1 aliphatic rings. The second kappa shape index (κ2) is 6.86. The fourth-order valence-corrected chi connectivity index (χ4v) is 4.76. The van der Waals surface area contributed by atoms with Crippen molar-refractivity contribution < 1.29 is 4.74 Å². The molecule has 2 rings (SSSR count). The third-order valence-electron chi connectivity index (χ3n) is 4.28. The average Bonchev–Trinajstić information content (AvgIpc) is 2.43. The average molecular weight is 293 g/mol. The highest BCUT2D eigenvalue weighted by atomic mass is 32.2. The lowest BCUT2D eigenvalue weighted by molar-refractivity contribution is 0.176. The van der Waals surface area contributed by atoms with Gasteiger partial charge in [-0.1, -0.05) is 33.3 Å². The Morgan fingerprint density at radius 1 is 1.40 bits per heavy atom. The quantitative estimate of drug-likeness (QED) is 0.872. The van der Waals surface area contributed by atoms with Gasteiger partial charge in [0.1, 0.15) is 5.75 Å². The van der Waals surface area contributed by atoms with Gasteiger partial charge in [-0.3, -0.25) is 0 Å². The maximum Gasteiger partial charge on any atom is 0.119 e. The van der Waals surface area contributed by atoms with E-state index in [4.69, 9.17) is 4.74 Å². The number of nitrogens with one attached hydrogen (secondary N) is 1. The summed E-state index contributed by atoms with van der Waals surface area (Å²) in [6.07, 6.45) is 3.94. The van der Waals surface area contributed by atoms with Gasteiger partial charge in [-0.25, -0.2) is 0 Å². The molecule has 0 aliphatic heterocycles. The Balaban J connectivity index is 2.12. The van der Waals surface area contributed by atoms with Crippen molar-refractivity contribution in [3.05, 3.63) is 24.3 Å². The molecule has 1 N–H and O–H groups in total. The van der Waals surface area contributed by atoms with Crippen molar-refractivity contribution in [3.8, 4) is 5.75 Å². The van der Waals surface area contributed by atoms with E-state index in [0.29, 0.717) is 16.7 Å². The number of rotatable bonds is 5. The molecule has 0 aromatic heterocycles. The molecule has 3 heteroatoms. The van der Waals surface area contributed by atoms with Crippen LogP contribution in [0.15, 0.2) is 29.2 Å². The molecular formula is C17H27NOS. The summed E-state index contributed by atoms with van der Waals surface area (Å²) in [4.78, 5) is 1.31. The van der Waals surface area contributed by atoms with Gasteiger partial charge in [0, 0.05) is 16.2 Å². The molecule has 1 aromatic rings. The summed E-state index contributed by atoms with van der Waals surface area (Å²) in [5, 5.41) is 4.37. The summed E-state index contributed by atoms with van der Waals surface area (Å²) in [6.45, 7) is 8.05. The Kier molecular flexibility index (Phi) is 5.39. The summed E-state index contributed by atoms with van der Waals surface area (Å²) < 4.78 is 5.33. The lowest BCUT2D eigenvalue weighted by atomic mass is 9.73. The van der Waals surface area contributed by atoms with Gasteiger partial charge in [0.2, 0.25) is 0 Å². The molecular weight excluding hydrogens is 266 g/mol. The Labute approximate surface area is 127 Å². The SMILES string of the molecule is CCNC1C(Sc2cccc(OC)c2)CCCC1(C)C. The van der Waals surface area contributed by atoms with E-state index in [1.54, 1.807) is 7.11 Å². The minimum absolute atomic E-state index is 0.380. The predicted octanol–water partition coefficient (Wildman–Crippen LogP) is 4.34. The van der Waals surface area contributed by atoms with Gasteiger partial charge in [0.05, 0.1) is 7.11 Å². The fourth-order valence-electron chi connectivity index (χ4n) is 3.19. The third-order valence-corrected chi connectivity index (χ3v) is 5.61. The second-order valence-corrected chi connectivity index (χ2v) is 7.56. The number of methoxy groups -OCH3 is 1.